The summed E-state index contributed by atoms with van der Waals surface area (Å²) in [5.41, 5.74) is 5.05. The van der Waals surface area contributed by atoms with Gasteiger partial charge >= 0.3 is 5.84 Å². The van der Waals surface area contributed by atoms with Gasteiger partial charge in [0, 0.05) is 4.91 Å². The number of nitrogens with two attached hydrogens (primary N) is 1. The highest BCUT2D eigenvalue weighted by Crippen LogP contribution is 1.84. The second-order valence-corrected chi connectivity index (χ2v) is 1.67. The monoisotopic (exact) mass is 101 g/mol. The standard InChI is InChI=1S/C4H8N2O/c1-3(2)4(5)6-7/h3,5H,1-2H3/p+1. The van der Waals surface area contributed by atoms with Crippen LogP contribution in [0, 0.1) is 10.8 Å². The third-order valence-corrected chi connectivity index (χ3v) is 0.697. The van der Waals surface area contributed by atoms with Crippen molar-refractivity contribution < 1.29 is 0 Å². The first-order chi connectivity index (χ1) is 3.18. The maximum Gasteiger partial charge on any atom is 0.402 e. The fraction of sp³-hybridized carbons (Fsp3) is 0.750. The van der Waals surface area contributed by atoms with Gasteiger partial charge in [-0.15, -0.1) is 0 Å². The maximum atomic E-state index is 9.53. The second kappa shape index (κ2) is 2.37. The summed E-state index contributed by atoms with van der Waals surface area (Å²) < 4.78 is 0. The fourth-order valence-corrected chi connectivity index (χ4v) is 0.105. The third-order valence-electron chi connectivity index (χ3n) is 0.697. The number of nitroso groups, excluding NO2 is 1. The molecule has 0 spiro atoms. The zero-order valence-electron chi connectivity index (χ0n) is 4.51. The molecule has 0 aliphatic carbocycles. The fourth-order valence-electron chi connectivity index (χ4n) is 0.105. The van der Waals surface area contributed by atoms with Crippen LogP contribution in [0.5, 0.6) is 0 Å². The molecule has 0 aliphatic heterocycles. The minimum Gasteiger partial charge on any atom is -0.273 e. The lowest BCUT2D eigenvalue weighted by atomic mass is 10.2. The van der Waals surface area contributed by atoms with Crippen LogP contribution in [0.1, 0.15) is 13.8 Å². The Morgan fingerprint density at radius 2 is 2.14 bits per heavy atom. The van der Waals surface area contributed by atoms with Crippen molar-refractivity contribution in [1.29, 1.82) is 0 Å². The molecule has 0 aromatic rings. The van der Waals surface area contributed by atoms with E-state index >= 15 is 0 Å². The van der Waals surface area contributed by atoms with Gasteiger partial charge in [0.05, 0.1) is 10.8 Å². The van der Waals surface area contributed by atoms with Crippen LogP contribution in [-0.2, 0) is 0 Å². The largest absolute Gasteiger partial charge is 0.402 e. The molecule has 0 rings (SSSR count). The molecule has 0 unspecified atom stereocenters. The molecule has 0 saturated carbocycles. The summed E-state index contributed by atoms with van der Waals surface area (Å²) in [4.78, 5) is 12.1. The van der Waals surface area contributed by atoms with Gasteiger partial charge in [0.15, 0.2) is 0 Å². The molecule has 3 heteroatoms. The number of hydrogen-bond acceptors (Lipinski definition) is 1. The van der Waals surface area contributed by atoms with Crippen LogP contribution in [-0.4, -0.2) is 5.84 Å². The molecule has 0 aromatic carbocycles. The number of nitrogens with zero attached hydrogens (tertiary/aromatic N) is 1. The summed E-state index contributed by atoms with van der Waals surface area (Å²) in [6.45, 7) is 3.63. The minimum atomic E-state index is 0.0810. The Hall–Kier alpha value is -0.820. The molecule has 40 valence electrons. The smallest absolute Gasteiger partial charge is 0.273 e. The van der Waals surface area contributed by atoms with Gasteiger partial charge in [-0.3, -0.25) is 5.73 Å². The van der Waals surface area contributed by atoms with Crippen molar-refractivity contribution in [2.45, 2.75) is 13.8 Å². The average molecular weight is 101 g/mol. The van der Waals surface area contributed by atoms with Crippen molar-refractivity contribution in [1.82, 2.24) is 4.85 Å². The Morgan fingerprint density at radius 3 is 2.14 bits per heavy atom. The van der Waals surface area contributed by atoms with Crippen LogP contribution in [0.4, 0.5) is 0 Å². The summed E-state index contributed by atoms with van der Waals surface area (Å²) in [5, 5.41) is 0. The quantitative estimate of drug-likeness (QED) is 0.283. The zero-order valence-corrected chi connectivity index (χ0v) is 4.51. The third kappa shape index (κ3) is 1.95. The summed E-state index contributed by atoms with van der Waals surface area (Å²) >= 11 is 0. The molecule has 0 heterocycles. The van der Waals surface area contributed by atoms with E-state index in [-0.39, 0.29) is 11.8 Å². The molecule has 3 nitrogen and oxygen atoms in total. The molecular weight excluding hydrogens is 92.1 g/mol. The molecule has 0 radical (unpaired) electrons. The lowest BCUT2D eigenvalue weighted by molar-refractivity contribution is 0.870. The van der Waals surface area contributed by atoms with E-state index in [1.165, 1.54) is 0 Å². The van der Waals surface area contributed by atoms with E-state index in [1.807, 2.05) is 13.8 Å². The van der Waals surface area contributed by atoms with E-state index in [9.17, 15) is 4.91 Å². The van der Waals surface area contributed by atoms with Gasteiger partial charge in [0.2, 0.25) is 0 Å². The van der Waals surface area contributed by atoms with E-state index in [0.29, 0.717) is 0 Å². The first-order valence-corrected chi connectivity index (χ1v) is 2.14. The number of hydrogen-bond donors (Lipinski definition) is 1. The van der Waals surface area contributed by atoms with Crippen LogP contribution in [0.3, 0.4) is 0 Å². The van der Waals surface area contributed by atoms with Crippen molar-refractivity contribution in [3.8, 4) is 0 Å². The van der Waals surface area contributed by atoms with Gasteiger partial charge in [-0.05, 0) is 13.8 Å². The van der Waals surface area contributed by atoms with Crippen molar-refractivity contribution in [3.63, 3.8) is 0 Å². The Morgan fingerprint density at radius 1 is 1.71 bits per heavy atom. The minimum absolute atomic E-state index is 0.0810. The number of rotatable bonds is 1. The van der Waals surface area contributed by atoms with Crippen molar-refractivity contribution in [2.24, 2.45) is 11.7 Å². The van der Waals surface area contributed by atoms with Crippen LogP contribution < -0.4 is 10.6 Å². The molecule has 2 N–H and O–H groups in total. The zero-order chi connectivity index (χ0) is 5.86. The molecule has 0 fully saturated rings. The SMILES string of the molecule is CC(C)C(N)=[N+]=O. The molecule has 0 aliphatic rings. The van der Waals surface area contributed by atoms with Gasteiger partial charge in [-0.2, -0.15) is 0 Å². The van der Waals surface area contributed by atoms with Crippen LogP contribution >= 0.6 is 0 Å². The molecule has 0 saturated heterocycles. The van der Waals surface area contributed by atoms with Gasteiger partial charge in [0.25, 0.3) is 0 Å². The molecule has 0 amide bonds. The Kier molecular flexibility index (Phi) is 2.09. The van der Waals surface area contributed by atoms with Gasteiger partial charge in [-0.1, -0.05) is 0 Å². The van der Waals surface area contributed by atoms with Crippen molar-refractivity contribution in [3.05, 3.63) is 4.91 Å². The van der Waals surface area contributed by atoms with E-state index in [1.54, 1.807) is 0 Å². The second-order valence-electron chi connectivity index (χ2n) is 1.67. The Labute approximate surface area is 42.2 Å². The Balaban J connectivity index is 3.81. The summed E-state index contributed by atoms with van der Waals surface area (Å²) in [5.74, 6) is 0.248. The highest BCUT2D eigenvalue weighted by Gasteiger charge is 2.07. The maximum absolute atomic E-state index is 9.53. The van der Waals surface area contributed by atoms with Crippen LogP contribution in [0.25, 0.3) is 0 Å². The average Bonchev–Trinajstić information content (AvgIpc) is 1.65. The van der Waals surface area contributed by atoms with Crippen LogP contribution in [0.2, 0.25) is 0 Å². The highest BCUT2D eigenvalue weighted by atomic mass is 16.2. The summed E-state index contributed by atoms with van der Waals surface area (Å²) in [7, 11) is 0. The molecular formula is C4H9N2O+. The topological polar surface area (TPSA) is 57.2 Å². The van der Waals surface area contributed by atoms with Gasteiger partial charge in [0.1, 0.15) is 0 Å². The van der Waals surface area contributed by atoms with Gasteiger partial charge in [-0.25, -0.2) is 0 Å². The lowest BCUT2D eigenvalue weighted by Crippen LogP contribution is -2.20. The lowest BCUT2D eigenvalue weighted by Gasteiger charge is -1.83. The molecule has 0 atom stereocenters. The summed E-state index contributed by atoms with van der Waals surface area (Å²) in [6.07, 6.45) is 0. The molecule has 7 heavy (non-hydrogen) atoms. The van der Waals surface area contributed by atoms with E-state index in [4.69, 9.17) is 5.73 Å². The van der Waals surface area contributed by atoms with Crippen molar-refractivity contribution >= 4 is 5.84 Å². The van der Waals surface area contributed by atoms with Crippen molar-refractivity contribution in [2.75, 3.05) is 0 Å². The first-order valence-electron chi connectivity index (χ1n) is 2.14. The molecule has 0 bridgehead atoms. The highest BCUT2D eigenvalue weighted by molar-refractivity contribution is 5.80. The van der Waals surface area contributed by atoms with Crippen LogP contribution in [0.15, 0.2) is 0 Å². The van der Waals surface area contributed by atoms with E-state index in [0.717, 1.165) is 0 Å². The molecule has 0 aromatic heterocycles. The first kappa shape index (κ1) is 6.18. The predicted molar refractivity (Wildman–Crippen MR) is 29.5 cm³/mol. The van der Waals surface area contributed by atoms with E-state index < -0.39 is 0 Å². The van der Waals surface area contributed by atoms with Gasteiger partial charge < -0.3 is 0 Å². The number of amidine groups is 1. The summed E-state index contributed by atoms with van der Waals surface area (Å²) in [6, 6.07) is 0. The van der Waals surface area contributed by atoms with E-state index in [2.05, 4.69) is 4.85 Å². The normalized spacial score (nSPS) is 8.43. The Bertz CT molecular complexity index is 102. The predicted octanol–water partition coefficient (Wildman–Crippen LogP) is -0.167.